The lowest BCUT2D eigenvalue weighted by molar-refractivity contribution is -0.0498. The molecule has 0 aliphatic carbocycles. The van der Waals surface area contributed by atoms with Crippen molar-refractivity contribution in [1.29, 1.82) is 0 Å². The Labute approximate surface area is 141 Å². The number of hydrogen-bond donors (Lipinski definition) is 0. The number of halogens is 6. The topological polar surface area (TPSA) is 9.23 Å². The average molecular weight is 444 g/mol. The van der Waals surface area contributed by atoms with Crippen molar-refractivity contribution in [2.75, 3.05) is 0 Å². The van der Waals surface area contributed by atoms with E-state index in [2.05, 4.69) is 36.6 Å². The predicted molar refractivity (Wildman–Crippen MR) is 83.0 cm³/mol. The standard InChI is InChI=1S/C14H8Br2ClF3O/c15-10-6-12(18)9(5-11(10)17)13(16)7-1-3-8(4-2-7)21-14(19)20/h1-6,13-14H. The lowest BCUT2D eigenvalue weighted by atomic mass is 10.0. The maximum atomic E-state index is 14.0. The van der Waals surface area contributed by atoms with Crippen LogP contribution in [0.5, 0.6) is 5.75 Å². The molecule has 0 fully saturated rings. The Kier molecular flexibility index (Phi) is 5.57. The maximum absolute atomic E-state index is 14.0. The monoisotopic (exact) mass is 442 g/mol. The molecule has 21 heavy (non-hydrogen) atoms. The summed E-state index contributed by atoms with van der Waals surface area (Å²) in [6, 6.07) is 8.73. The smallest absolute Gasteiger partial charge is 0.387 e. The van der Waals surface area contributed by atoms with E-state index in [1.54, 1.807) is 12.1 Å². The van der Waals surface area contributed by atoms with Gasteiger partial charge in [0.05, 0.1) is 9.85 Å². The number of alkyl halides is 3. The van der Waals surface area contributed by atoms with E-state index < -0.39 is 17.3 Å². The van der Waals surface area contributed by atoms with Gasteiger partial charge in [0, 0.05) is 10.0 Å². The highest BCUT2D eigenvalue weighted by Gasteiger charge is 2.17. The van der Waals surface area contributed by atoms with E-state index in [9.17, 15) is 13.2 Å². The van der Waals surface area contributed by atoms with Crippen molar-refractivity contribution in [2.45, 2.75) is 11.4 Å². The molecule has 112 valence electrons. The first-order valence-corrected chi connectivity index (χ1v) is 7.80. The van der Waals surface area contributed by atoms with Crippen LogP contribution in [0, 0.1) is 5.82 Å². The number of benzene rings is 2. The summed E-state index contributed by atoms with van der Waals surface area (Å²) in [5, 5.41) is 0.383. The van der Waals surface area contributed by atoms with Crippen LogP contribution in [0.1, 0.15) is 16.0 Å². The van der Waals surface area contributed by atoms with Gasteiger partial charge in [0.1, 0.15) is 11.6 Å². The molecule has 2 aromatic rings. The molecule has 1 nitrogen and oxygen atoms in total. The summed E-state index contributed by atoms with van der Waals surface area (Å²) in [6.45, 7) is -2.88. The number of rotatable bonds is 4. The molecule has 0 aromatic heterocycles. The largest absolute Gasteiger partial charge is 0.435 e. The molecule has 0 heterocycles. The van der Waals surface area contributed by atoms with Crippen molar-refractivity contribution >= 4 is 43.5 Å². The Morgan fingerprint density at radius 1 is 1.10 bits per heavy atom. The molecule has 2 rings (SSSR count). The highest BCUT2D eigenvalue weighted by atomic mass is 79.9. The van der Waals surface area contributed by atoms with Crippen molar-refractivity contribution in [2.24, 2.45) is 0 Å². The molecule has 0 radical (unpaired) electrons. The molecular weight excluding hydrogens is 436 g/mol. The van der Waals surface area contributed by atoms with Crippen LogP contribution in [0.3, 0.4) is 0 Å². The minimum atomic E-state index is -2.88. The Morgan fingerprint density at radius 3 is 2.29 bits per heavy atom. The van der Waals surface area contributed by atoms with Crippen molar-refractivity contribution in [3.8, 4) is 5.75 Å². The van der Waals surface area contributed by atoms with Crippen molar-refractivity contribution < 1.29 is 17.9 Å². The molecule has 0 saturated heterocycles. The molecule has 0 aliphatic rings. The fourth-order valence-electron chi connectivity index (χ4n) is 1.73. The van der Waals surface area contributed by atoms with Crippen molar-refractivity contribution in [3.05, 3.63) is 62.8 Å². The molecule has 2 aromatic carbocycles. The Hall–Kier alpha value is -0.720. The van der Waals surface area contributed by atoms with Crippen LogP contribution in [0.25, 0.3) is 0 Å². The maximum Gasteiger partial charge on any atom is 0.387 e. The third-order valence-corrected chi connectivity index (χ3v) is 4.93. The van der Waals surface area contributed by atoms with Gasteiger partial charge in [0.25, 0.3) is 0 Å². The molecule has 0 bridgehead atoms. The summed E-state index contributed by atoms with van der Waals surface area (Å²) in [5.41, 5.74) is 1.04. The summed E-state index contributed by atoms with van der Waals surface area (Å²) in [5.74, 6) is -0.385. The van der Waals surface area contributed by atoms with E-state index in [0.29, 0.717) is 20.6 Å². The highest BCUT2D eigenvalue weighted by molar-refractivity contribution is 9.10. The zero-order valence-corrected chi connectivity index (χ0v) is 14.2. The molecule has 1 atom stereocenters. The lowest BCUT2D eigenvalue weighted by Crippen LogP contribution is -2.02. The van der Waals surface area contributed by atoms with Gasteiger partial charge >= 0.3 is 6.61 Å². The van der Waals surface area contributed by atoms with Gasteiger partial charge in [-0.2, -0.15) is 8.78 Å². The number of ether oxygens (including phenoxy) is 1. The Morgan fingerprint density at radius 2 is 1.71 bits per heavy atom. The Balaban J connectivity index is 2.27. The van der Waals surface area contributed by atoms with Gasteiger partial charge < -0.3 is 4.74 Å². The summed E-state index contributed by atoms with van der Waals surface area (Å²) in [7, 11) is 0. The minimum absolute atomic E-state index is 0.0442. The van der Waals surface area contributed by atoms with E-state index in [1.807, 2.05) is 0 Å². The van der Waals surface area contributed by atoms with Gasteiger partial charge in [-0.1, -0.05) is 39.7 Å². The molecule has 0 saturated carbocycles. The highest BCUT2D eigenvalue weighted by Crippen LogP contribution is 2.37. The van der Waals surface area contributed by atoms with E-state index in [1.165, 1.54) is 24.3 Å². The molecule has 0 amide bonds. The normalized spacial score (nSPS) is 12.5. The summed E-state index contributed by atoms with van der Waals surface area (Å²) in [6.07, 6.45) is 0. The van der Waals surface area contributed by atoms with Crippen molar-refractivity contribution in [1.82, 2.24) is 0 Å². The quantitative estimate of drug-likeness (QED) is 0.396. The summed E-state index contributed by atoms with van der Waals surface area (Å²) >= 11 is 12.5. The molecular formula is C14H8Br2ClF3O. The molecule has 7 heteroatoms. The van der Waals surface area contributed by atoms with Gasteiger partial charge in [-0.3, -0.25) is 0 Å². The van der Waals surface area contributed by atoms with Crippen LogP contribution in [-0.4, -0.2) is 6.61 Å². The summed E-state index contributed by atoms with van der Waals surface area (Å²) < 4.78 is 42.9. The average Bonchev–Trinajstić information content (AvgIpc) is 2.42. The van der Waals surface area contributed by atoms with E-state index in [-0.39, 0.29) is 5.75 Å². The fourth-order valence-corrected chi connectivity index (χ4v) is 2.87. The first kappa shape index (κ1) is 16.6. The van der Waals surface area contributed by atoms with Crippen LogP contribution >= 0.6 is 43.5 Å². The van der Waals surface area contributed by atoms with E-state index >= 15 is 0 Å². The fraction of sp³-hybridized carbons (Fsp3) is 0.143. The van der Waals surface area contributed by atoms with Crippen LogP contribution in [-0.2, 0) is 0 Å². The second-order valence-corrected chi connectivity index (χ2v) is 6.28. The van der Waals surface area contributed by atoms with Crippen LogP contribution in [0.15, 0.2) is 40.9 Å². The van der Waals surface area contributed by atoms with Crippen LogP contribution in [0.4, 0.5) is 13.2 Å². The van der Waals surface area contributed by atoms with Gasteiger partial charge in [-0.25, -0.2) is 4.39 Å². The predicted octanol–water partition coefficient (Wildman–Crippen LogP) is 6.33. The third-order valence-electron chi connectivity index (χ3n) is 2.71. The Bertz CT molecular complexity index is 635. The summed E-state index contributed by atoms with van der Waals surface area (Å²) in [4.78, 5) is -0.455. The lowest BCUT2D eigenvalue weighted by Gasteiger charge is -2.14. The zero-order chi connectivity index (χ0) is 15.6. The second-order valence-electron chi connectivity index (χ2n) is 4.10. The second kappa shape index (κ2) is 7.03. The van der Waals surface area contributed by atoms with Gasteiger partial charge in [0.2, 0.25) is 0 Å². The molecule has 1 unspecified atom stereocenters. The van der Waals surface area contributed by atoms with E-state index in [0.717, 1.165) is 0 Å². The molecule has 0 spiro atoms. The van der Waals surface area contributed by atoms with E-state index in [4.69, 9.17) is 11.6 Å². The third kappa shape index (κ3) is 4.14. The van der Waals surface area contributed by atoms with Gasteiger partial charge in [-0.05, 0) is 45.8 Å². The first-order valence-electron chi connectivity index (χ1n) is 5.71. The minimum Gasteiger partial charge on any atom is -0.435 e. The molecule has 0 aliphatic heterocycles. The SMILES string of the molecule is Fc1cc(Br)c(Cl)cc1C(Br)c1ccc(OC(F)F)cc1. The van der Waals surface area contributed by atoms with Crippen LogP contribution < -0.4 is 4.74 Å². The first-order chi connectivity index (χ1) is 9.88. The van der Waals surface area contributed by atoms with Crippen LogP contribution in [0.2, 0.25) is 5.02 Å². The van der Waals surface area contributed by atoms with Gasteiger partial charge in [-0.15, -0.1) is 0 Å². The zero-order valence-electron chi connectivity index (χ0n) is 10.3. The molecule has 0 N–H and O–H groups in total. The number of hydrogen-bond acceptors (Lipinski definition) is 1. The van der Waals surface area contributed by atoms with Crippen molar-refractivity contribution in [3.63, 3.8) is 0 Å². The van der Waals surface area contributed by atoms with Gasteiger partial charge in [0.15, 0.2) is 0 Å².